The first-order valence-corrected chi connectivity index (χ1v) is 8.16. The van der Waals surface area contributed by atoms with Crippen LogP contribution in [0.2, 0.25) is 0 Å². The number of nitrogens with one attached hydrogen (secondary N) is 1. The van der Waals surface area contributed by atoms with Gasteiger partial charge >= 0.3 is 0 Å². The summed E-state index contributed by atoms with van der Waals surface area (Å²) in [7, 11) is 0. The van der Waals surface area contributed by atoms with Gasteiger partial charge in [0.05, 0.1) is 6.54 Å². The molecule has 0 saturated carbocycles. The van der Waals surface area contributed by atoms with Gasteiger partial charge in [-0.3, -0.25) is 9.69 Å². The molecule has 1 aromatic rings. The molecule has 2 fully saturated rings. The fourth-order valence-electron chi connectivity index (χ4n) is 3.37. The lowest BCUT2D eigenvalue weighted by atomic mass is 9.97. The Morgan fingerprint density at radius 3 is 2.77 bits per heavy atom. The van der Waals surface area contributed by atoms with Gasteiger partial charge < -0.3 is 10.2 Å². The van der Waals surface area contributed by atoms with E-state index in [4.69, 9.17) is 0 Å². The van der Waals surface area contributed by atoms with Gasteiger partial charge in [0.1, 0.15) is 5.82 Å². The largest absolute Gasteiger partial charge is 0.336 e. The normalized spacial score (nSPS) is 21.3. The van der Waals surface area contributed by atoms with Gasteiger partial charge in [0, 0.05) is 26.2 Å². The highest BCUT2D eigenvalue weighted by Crippen LogP contribution is 2.16. The molecule has 3 rings (SSSR count). The Labute approximate surface area is 131 Å². The van der Waals surface area contributed by atoms with Gasteiger partial charge in [-0.2, -0.15) is 0 Å². The lowest BCUT2D eigenvalue weighted by Gasteiger charge is -2.37. The van der Waals surface area contributed by atoms with Crippen LogP contribution in [0.4, 0.5) is 4.39 Å². The van der Waals surface area contributed by atoms with Crippen molar-refractivity contribution in [2.75, 3.05) is 39.3 Å². The van der Waals surface area contributed by atoms with E-state index in [1.54, 1.807) is 6.07 Å². The molecule has 2 heterocycles. The summed E-state index contributed by atoms with van der Waals surface area (Å²) in [5.41, 5.74) is 0.861. The monoisotopic (exact) mass is 305 g/mol. The summed E-state index contributed by atoms with van der Waals surface area (Å²) in [6, 6.07) is 6.51. The first-order valence-electron chi connectivity index (χ1n) is 8.16. The van der Waals surface area contributed by atoms with E-state index < -0.39 is 0 Å². The van der Waals surface area contributed by atoms with E-state index in [0.717, 1.165) is 38.3 Å². The molecular weight excluding hydrogens is 281 g/mol. The van der Waals surface area contributed by atoms with Crippen LogP contribution in [-0.4, -0.2) is 55.0 Å². The first-order chi connectivity index (χ1) is 10.7. The quantitative estimate of drug-likeness (QED) is 0.915. The second-order valence-corrected chi connectivity index (χ2v) is 6.37. The molecule has 0 unspecified atom stereocenters. The van der Waals surface area contributed by atoms with Gasteiger partial charge in [-0.05, 0) is 49.5 Å². The van der Waals surface area contributed by atoms with Crippen LogP contribution in [0, 0.1) is 11.7 Å². The van der Waals surface area contributed by atoms with Crippen molar-refractivity contribution in [3.05, 3.63) is 35.6 Å². The standard InChI is InChI=1S/C17H24FN3O/c18-16-3-1-2-15(10-16)12-21-9-8-20(13-17(21)22)11-14-4-6-19-7-5-14/h1-3,10,14,19H,4-9,11-13H2. The van der Waals surface area contributed by atoms with Gasteiger partial charge in [-0.25, -0.2) is 4.39 Å². The average molecular weight is 305 g/mol. The number of hydrogen-bond donors (Lipinski definition) is 1. The van der Waals surface area contributed by atoms with Crippen LogP contribution in [-0.2, 0) is 11.3 Å². The van der Waals surface area contributed by atoms with Crippen LogP contribution in [0.3, 0.4) is 0 Å². The van der Waals surface area contributed by atoms with Crippen molar-refractivity contribution in [3.8, 4) is 0 Å². The van der Waals surface area contributed by atoms with Gasteiger partial charge in [-0.1, -0.05) is 12.1 Å². The van der Waals surface area contributed by atoms with E-state index in [1.807, 2.05) is 11.0 Å². The van der Waals surface area contributed by atoms with Crippen LogP contribution in [0.1, 0.15) is 18.4 Å². The molecule has 1 N–H and O–H groups in total. The van der Waals surface area contributed by atoms with Crippen molar-refractivity contribution in [2.45, 2.75) is 19.4 Å². The molecule has 5 heteroatoms. The molecule has 2 saturated heterocycles. The molecule has 0 bridgehead atoms. The van der Waals surface area contributed by atoms with Crippen molar-refractivity contribution >= 4 is 5.91 Å². The summed E-state index contributed by atoms with van der Waals surface area (Å²) in [4.78, 5) is 16.4. The molecule has 1 amide bonds. The minimum absolute atomic E-state index is 0.157. The van der Waals surface area contributed by atoms with Crippen molar-refractivity contribution in [3.63, 3.8) is 0 Å². The highest BCUT2D eigenvalue weighted by molar-refractivity contribution is 5.79. The smallest absolute Gasteiger partial charge is 0.237 e. The Morgan fingerprint density at radius 2 is 2.05 bits per heavy atom. The van der Waals surface area contributed by atoms with Crippen molar-refractivity contribution in [2.24, 2.45) is 5.92 Å². The van der Waals surface area contributed by atoms with Gasteiger partial charge in [-0.15, -0.1) is 0 Å². The minimum atomic E-state index is -0.241. The zero-order chi connectivity index (χ0) is 15.4. The highest BCUT2D eigenvalue weighted by Gasteiger charge is 2.26. The van der Waals surface area contributed by atoms with Crippen LogP contribution < -0.4 is 5.32 Å². The summed E-state index contributed by atoms with van der Waals surface area (Å²) < 4.78 is 13.2. The van der Waals surface area contributed by atoms with E-state index >= 15 is 0 Å². The molecule has 120 valence electrons. The van der Waals surface area contributed by atoms with Crippen molar-refractivity contribution in [1.29, 1.82) is 0 Å². The molecule has 2 aliphatic rings. The first kappa shape index (κ1) is 15.4. The second kappa shape index (κ2) is 7.20. The summed E-state index contributed by atoms with van der Waals surface area (Å²) >= 11 is 0. The third kappa shape index (κ3) is 4.05. The lowest BCUT2D eigenvalue weighted by Crippen LogP contribution is -2.51. The number of rotatable bonds is 4. The summed E-state index contributed by atoms with van der Waals surface area (Å²) in [6.45, 7) is 5.89. The SMILES string of the molecule is O=C1CN(CC2CCNCC2)CCN1Cc1cccc(F)c1. The molecular formula is C17H24FN3O. The van der Waals surface area contributed by atoms with Crippen LogP contribution in [0.25, 0.3) is 0 Å². The third-order valence-corrected chi connectivity index (χ3v) is 4.64. The third-order valence-electron chi connectivity index (χ3n) is 4.64. The van der Waals surface area contributed by atoms with Crippen LogP contribution >= 0.6 is 0 Å². The summed E-state index contributed by atoms with van der Waals surface area (Å²) in [6.07, 6.45) is 2.41. The molecule has 2 aliphatic heterocycles. The fourth-order valence-corrected chi connectivity index (χ4v) is 3.37. The van der Waals surface area contributed by atoms with Gasteiger partial charge in [0.2, 0.25) is 5.91 Å². The second-order valence-electron chi connectivity index (χ2n) is 6.37. The number of piperidine rings is 1. The Bertz CT molecular complexity index is 516. The van der Waals surface area contributed by atoms with Crippen molar-refractivity contribution < 1.29 is 9.18 Å². The molecule has 0 aromatic heterocycles. The number of carbonyl (C=O) groups is 1. The number of nitrogens with zero attached hydrogens (tertiary/aromatic N) is 2. The number of piperazine rings is 1. The molecule has 1 aromatic carbocycles. The molecule has 4 nitrogen and oxygen atoms in total. The van der Waals surface area contributed by atoms with E-state index in [2.05, 4.69) is 10.2 Å². The van der Waals surface area contributed by atoms with Crippen molar-refractivity contribution in [1.82, 2.24) is 15.1 Å². The number of carbonyl (C=O) groups excluding carboxylic acids is 1. The van der Waals surface area contributed by atoms with Gasteiger partial charge in [0.15, 0.2) is 0 Å². The molecule has 0 radical (unpaired) electrons. The maximum atomic E-state index is 13.2. The molecule has 0 aliphatic carbocycles. The minimum Gasteiger partial charge on any atom is -0.336 e. The highest BCUT2D eigenvalue weighted by atomic mass is 19.1. The zero-order valence-electron chi connectivity index (χ0n) is 12.9. The average Bonchev–Trinajstić information content (AvgIpc) is 2.51. The van der Waals surface area contributed by atoms with E-state index in [-0.39, 0.29) is 11.7 Å². The van der Waals surface area contributed by atoms with Crippen LogP contribution in [0.5, 0.6) is 0 Å². The lowest BCUT2D eigenvalue weighted by molar-refractivity contribution is -0.137. The molecule has 0 atom stereocenters. The maximum Gasteiger partial charge on any atom is 0.237 e. The number of halogens is 1. The van der Waals surface area contributed by atoms with E-state index in [9.17, 15) is 9.18 Å². The fraction of sp³-hybridized carbons (Fsp3) is 0.588. The number of hydrogen-bond acceptors (Lipinski definition) is 3. The van der Waals surface area contributed by atoms with Gasteiger partial charge in [0.25, 0.3) is 0 Å². The van der Waals surface area contributed by atoms with E-state index in [0.29, 0.717) is 19.0 Å². The summed E-state index contributed by atoms with van der Waals surface area (Å²) in [5, 5.41) is 3.38. The predicted molar refractivity (Wildman–Crippen MR) is 83.9 cm³/mol. The summed E-state index contributed by atoms with van der Waals surface area (Å²) in [5.74, 6) is 0.628. The molecule has 22 heavy (non-hydrogen) atoms. The predicted octanol–water partition coefficient (Wildman–Crippen LogP) is 1.47. The Balaban J connectivity index is 1.50. The Kier molecular flexibility index (Phi) is 5.05. The Morgan fingerprint density at radius 1 is 1.23 bits per heavy atom. The maximum absolute atomic E-state index is 13.2. The van der Waals surface area contributed by atoms with Crippen LogP contribution in [0.15, 0.2) is 24.3 Å². The number of benzene rings is 1. The van der Waals surface area contributed by atoms with E-state index in [1.165, 1.54) is 25.0 Å². The molecule has 0 spiro atoms. The number of amides is 1. The Hall–Kier alpha value is -1.46. The zero-order valence-corrected chi connectivity index (χ0v) is 12.9. The topological polar surface area (TPSA) is 35.6 Å².